The molecule has 9 heteroatoms. The predicted octanol–water partition coefficient (Wildman–Crippen LogP) is 6.01. The van der Waals surface area contributed by atoms with E-state index in [1.165, 1.54) is 12.1 Å². The van der Waals surface area contributed by atoms with Gasteiger partial charge in [0.25, 0.3) is 0 Å². The quantitative estimate of drug-likeness (QED) is 0.125. The van der Waals surface area contributed by atoms with Crippen LogP contribution in [0.25, 0.3) is 0 Å². The van der Waals surface area contributed by atoms with Gasteiger partial charge in [-0.2, -0.15) is 0 Å². The van der Waals surface area contributed by atoms with Crippen LogP contribution in [0.15, 0.2) is 18.2 Å². The summed E-state index contributed by atoms with van der Waals surface area (Å²) in [6.45, 7) is 13.0. The summed E-state index contributed by atoms with van der Waals surface area (Å²) >= 11 is 0. The molecule has 0 heterocycles. The van der Waals surface area contributed by atoms with Crippen LogP contribution >= 0.6 is 0 Å². The van der Waals surface area contributed by atoms with Crippen LogP contribution in [-0.4, -0.2) is 41.1 Å². The Labute approximate surface area is 239 Å². The lowest BCUT2D eigenvalue weighted by molar-refractivity contribution is -0.151. The molecule has 0 fully saturated rings. The lowest BCUT2D eigenvalue weighted by Gasteiger charge is -2.32. The van der Waals surface area contributed by atoms with Gasteiger partial charge in [-0.05, 0) is 43.9 Å². The number of ether oxygens (including phenoxy) is 3. The number of carboxylic acid groups (broad SMARTS) is 1. The van der Waals surface area contributed by atoms with Gasteiger partial charge in [-0.3, -0.25) is 19.2 Å². The summed E-state index contributed by atoms with van der Waals surface area (Å²) in [5.74, 6) is -4.47. The van der Waals surface area contributed by atoms with E-state index in [-0.39, 0.29) is 35.7 Å². The largest absolute Gasteiger partial charge is 0.480 e. The Morgan fingerprint density at radius 1 is 0.825 bits per heavy atom. The van der Waals surface area contributed by atoms with Gasteiger partial charge in [0.15, 0.2) is 11.5 Å². The normalized spacial score (nSPS) is 15.7. The van der Waals surface area contributed by atoms with E-state index < -0.39 is 41.9 Å². The zero-order valence-corrected chi connectivity index (χ0v) is 25.2. The molecule has 6 atom stereocenters. The Bertz CT molecular complexity index is 978. The van der Waals surface area contributed by atoms with Crippen molar-refractivity contribution in [2.45, 2.75) is 118 Å². The van der Waals surface area contributed by atoms with Crippen LogP contribution in [0.4, 0.5) is 0 Å². The molecule has 40 heavy (non-hydrogen) atoms. The van der Waals surface area contributed by atoms with Gasteiger partial charge in [0, 0.05) is 18.3 Å². The van der Waals surface area contributed by atoms with Crippen molar-refractivity contribution in [1.29, 1.82) is 0 Å². The Morgan fingerprint density at radius 2 is 1.38 bits per heavy atom. The number of benzene rings is 1. The molecule has 9 nitrogen and oxygen atoms in total. The van der Waals surface area contributed by atoms with Crippen LogP contribution in [-0.2, 0) is 23.9 Å². The van der Waals surface area contributed by atoms with Gasteiger partial charge in [-0.15, -0.1) is 0 Å². The average molecular weight is 564 g/mol. The first-order chi connectivity index (χ1) is 18.9. The molecule has 226 valence electrons. The number of aliphatic carboxylic acids is 1. The first kappa shape index (κ1) is 35.1. The summed E-state index contributed by atoms with van der Waals surface area (Å²) in [5, 5.41) is 9.81. The third kappa shape index (κ3) is 10.9. The van der Waals surface area contributed by atoms with Crippen molar-refractivity contribution in [3.63, 3.8) is 0 Å². The molecule has 0 spiro atoms. The first-order valence-corrected chi connectivity index (χ1v) is 14.6. The minimum atomic E-state index is -1.34. The van der Waals surface area contributed by atoms with Crippen molar-refractivity contribution in [1.82, 2.24) is 0 Å². The fourth-order valence-corrected chi connectivity index (χ4v) is 4.59. The number of carbonyl (C=O) groups excluding carboxylic acids is 3. The average Bonchev–Trinajstić information content (AvgIpc) is 2.90. The fraction of sp³-hybridized carbons (Fsp3) is 0.677. The summed E-state index contributed by atoms with van der Waals surface area (Å²) in [7, 11) is 0. The number of hydrogen-bond acceptors (Lipinski definition) is 8. The van der Waals surface area contributed by atoms with Crippen LogP contribution in [0.5, 0.6) is 11.5 Å². The fourth-order valence-electron chi connectivity index (χ4n) is 4.59. The van der Waals surface area contributed by atoms with E-state index in [0.717, 1.165) is 32.1 Å². The zero-order chi connectivity index (χ0) is 30.4. The molecular weight excluding hydrogens is 514 g/mol. The van der Waals surface area contributed by atoms with Crippen molar-refractivity contribution in [2.24, 2.45) is 23.5 Å². The highest BCUT2D eigenvalue weighted by Gasteiger charge is 2.36. The van der Waals surface area contributed by atoms with Crippen molar-refractivity contribution in [2.75, 3.05) is 0 Å². The standard InChI is InChI=1S/C31H49NO8/c1-8-11-12-15-26(33)38-22(7)21(6)27(28(32)29(34)35)23-16-17-24(39-30(36)19(4)13-9-2)25(18-23)40-31(37)20(5)14-10-3/h16-22,27-28H,8-15,32H2,1-7H3,(H,34,35)/t19?,20?,21?,22?,27?,28-/m0/s1. The second-order valence-electron chi connectivity index (χ2n) is 10.8. The van der Waals surface area contributed by atoms with Gasteiger partial charge < -0.3 is 25.1 Å². The van der Waals surface area contributed by atoms with E-state index in [0.29, 0.717) is 18.4 Å². The van der Waals surface area contributed by atoms with Gasteiger partial charge in [0.1, 0.15) is 12.1 Å². The molecule has 0 aliphatic carbocycles. The molecule has 0 amide bonds. The topological polar surface area (TPSA) is 142 Å². The number of unbranched alkanes of at least 4 members (excludes halogenated alkanes) is 2. The van der Waals surface area contributed by atoms with Crippen molar-refractivity contribution in [3.8, 4) is 11.5 Å². The molecule has 1 aromatic rings. The minimum absolute atomic E-state index is 0.0153. The van der Waals surface area contributed by atoms with Gasteiger partial charge in [-0.25, -0.2) is 0 Å². The second kappa shape index (κ2) is 17.7. The second-order valence-corrected chi connectivity index (χ2v) is 10.8. The van der Waals surface area contributed by atoms with Gasteiger partial charge in [0.05, 0.1) is 11.8 Å². The molecule has 0 bridgehead atoms. The van der Waals surface area contributed by atoms with E-state index in [2.05, 4.69) is 0 Å². The molecule has 0 aliphatic heterocycles. The highest BCUT2D eigenvalue weighted by Crippen LogP contribution is 2.38. The van der Waals surface area contributed by atoms with Gasteiger partial charge in [-0.1, -0.05) is 73.3 Å². The zero-order valence-electron chi connectivity index (χ0n) is 25.2. The van der Waals surface area contributed by atoms with Crippen molar-refractivity contribution in [3.05, 3.63) is 23.8 Å². The maximum Gasteiger partial charge on any atom is 0.321 e. The van der Waals surface area contributed by atoms with Crippen molar-refractivity contribution < 1.29 is 38.5 Å². The number of carboxylic acids is 1. The van der Waals surface area contributed by atoms with E-state index in [4.69, 9.17) is 19.9 Å². The first-order valence-electron chi connectivity index (χ1n) is 14.6. The van der Waals surface area contributed by atoms with Gasteiger partial charge >= 0.3 is 23.9 Å². The summed E-state index contributed by atoms with van der Waals surface area (Å²) in [6, 6.07) is 3.27. The van der Waals surface area contributed by atoms with Crippen molar-refractivity contribution >= 4 is 23.9 Å². The summed E-state index contributed by atoms with van der Waals surface area (Å²) in [6.07, 6.45) is 5.11. The lowest BCUT2D eigenvalue weighted by atomic mass is 9.79. The molecule has 1 rings (SSSR count). The molecule has 0 aliphatic rings. The Morgan fingerprint density at radius 3 is 1.88 bits per heavy atom. The maximum atomic E-state index is 12.8. The summed E-state index contributed by atoms with van der Waals surface area (Å²) in [4.78, 5) is 49.9. The number of carbonyl (C=O) groups is 4. The molecule has 3 N–H and O–H groups in total. The Hall–Kier alpha value is -2.94. The molecule has 0 aromatic heterocycles. The maximum absolute atomic E-state index is 12.8. The molecule has 0 saturated heterocycles. The number of nitrogens with two attached hydrogens (primary N) is 1. The third-order valence-electron chi connectivity index (χ3n) is 7.30. The molecular formula is C31H49NO8. The molecule has 1 aromatic carbocycles. The number of esters is 3. The van der Waals surface area contributed by atoms with E-state index in [1.54, 1.807) is 33.8 Å². The van der Waals surface area contributed by atoms with Crippen LogP contribution in [0.2, 0.25) is 0 Å². The SMILES string of the molecule is CCCCCC(=O)OC(C)C(C)C(c1ccc(OC(=O)C(C)CCC)c(OC(=O)C(C)CCC)c1)[C@H](N)C(=O)O. The van der Waals surface area contributed by atoms with Crippen LogP contribution in [0.1, 0.15) is 111 Å². The van der Waals surface area contributed by atoms with Crippen LogP contribution < -0.4 is 15.2 Å². The predicted molar refractivity (Wildman–Crippen MR) is 153 cm³/mol. The molecule has 5 unspecified atom stereocenters. The van der Waals surface area contributed by atoms with E-state index >= 15 is 0 Å². The Kier molecular flexibility index (Phi) is 15.5. The Balaban J connectivity index is 3.43. The molecule has 0 saturated carbocycles. The lowest BCUT2D eigenvalue weighted by Crippen LogP contribution is -2.42. The summed E-state index contributed by atoms with van der Waals surface area (Å²) in [5.41, 5.74) is 6.62. The smallest absolute Gasteiger partial charge is 0.321 e. The summed E-state index contributed by atoms with van der Waals surface area (Å²) < 4.78 is 16.9. The van der Waals surface area contributed by atoms with E-state index in [1.807, 2.05) is 20.8 Å². The highest BCUT2D eigenvalue weighted by atomic mass is 16.6. The van der Waals surface area contributed by atoms with Crippen LogP contribution in [0.3, 0.4) is 0 Å². The van der Waals surface area contributed by atoms with Crippen LogP contribution in [0, 0.1) is 17.8 Å². The van der Waals surface area contributed by atoms with E-state index in [9.17, 15) is 24.3 Å². The number of hydrogen-bond donors (Lipinski definition) is 2. The highest BCUT2D eigenvalue weighted by molar-refractivity contribution is 5.79. The monoisotopic (exact) mass is 563 g/mol. The molecule has 0 radical (unpaired) electrons. The third-order valence-corrected chi connectivity index (χ3v) is 7.30. The number of rotatable bonds is 18. The minimum Gasteiger partial charge on any atom is -0.480 e. The van der Waals surface area contributed by atoms with Gasteiger partial charge in [0.2, 0.25) is 0 Å².